The van der Waals surface area contributed by atoms with E-state index in [1.165, 1.54) is 11.7 Å². The van der Waals surface area contributed by atoms with Gasteiger partial charge in [0, 0.05) is 18.8 Å². The Morgan fingerprint density at radius 1 is 1.12 bits per heavy atom. The average Bonchev–Trinajstić information content (AvgIpc) is 3.13. The lowest BCUT2D eigenvalue weighted by atomic mass is 10.1. The molecule has 1 unspecified atom stereocenters. The average molecular weight is 439 g/mol. The molecular weight excluding hydrogens is 408 g/mol. The maximum absolute atomic E-state index is 13.1. The van der Waals surface area contributed by atoms with Crippen molar-refractivity contribution >= 4 is 23.1 Å². The monoisotopic (exact) mass is 438 g/mol. The fourth-order valence-electron chi connectivity index (χ4n) is 3.43. The standard InChI is InChI=1S/C24H30N4O4/c1-17(18-10-8-9-14-25-18)27(15-13-22(29)31-5)16-21-26-19-11-6-7-12-20(19)28(21)23(30)32-24(2,3)4/h6-12,14,17H,13,15-16H2,1-5H3. The van der Waals surface area contributed by atoms with Crippen molar-refractivity contribution in [2.75, 3.05) is 13.7 Å². The van der Waals surface area contributed by atoms with Crippen LogP contribution in [0, 0.1) is 0 Å². The maximum Gasteiger partial charge on any atom is 0.420 e. The summed E-state index contributed by atoms with van der Waals surface area (Å²) in [6.07, 6.45) is 1.46. The van der Waals surface area contributed by atoms with Gasteiger partial charge in [0.1, 0.15) is 11.4 Å². The van der Waals surface area contributed by atoms with Crippen molar-refractivity contribution in [2.24, 2.45) is 0 Å². The highest BCUT2D eigenvalue weighted by molar-refractivity contribution is 5.87. The topological polar surface area (TPSA) is 86.6 Å². The molecule has 3 rings (SSSR count). The van der Waals surface area contributed by atoms with Gasteiger partial charge in [0.25, 0.3) is 0 Å². The second-order valence-electron chi connectivity index (χ2n) is 8.56. The SMILES string of the molecule is COC(=O)CCN(Cc1nc2ccccc2n1C(=O)OC(C)(C)C)C(C)c1ccccn1. The normalized spacial score (nSPS) is 12.7. The van der Waals surface area contributed by atoms with Crippen molar-refractivity contribution in [1.82, 2.24) is 19.4 Å². The largest absolute Gasteiger partial charge is 0.469 e. The van der Waals surface area contributed by atoms with Crippen LogP contribution in [0.5, 0.6) is 0 Å². The molecule has 8 heteroatoms. The summed E-state index contributed by atoms with van der Waals surface area (Å²) < 4.78 is 12.0. The lowest BCUT2D eigenvalue weighted by molar-refractivity contribution is -0.141. The van der Waals surface area contributed by atoms with Gasteiger partial charge in [-0.05, 0) is 52.0 Å². The molecule has 0 aliphatic carbocycles. The van der Waals surface area contributed by atoms with Crippen LogP contribution in [0.3, 0.4) is 0 Å². The van der Waals surface area contributed by atoms with Crippen LogP contribution >= 0.6 is 0 Å². The second kappa shape index (κ2) is 9.91. The van der Waals surface area contributed by atoms with Crippen molar-refractivity contribution in [3.63, 3.8) is 0 Å². The number of hydrogen-bond acceptors (Lipinski definition) is 7. The van der Waals surface area contributed by atoms with E-state index in [1.54, 1.807) is 6.20 Å². The van der Waals surface area contributed by atoms with Gasteiger partial charge >= 0.3 is 12.1 Å². The smallest absolute Gasteiger partial charge is 0.420 e. The summed E-state index contributed by atoms with van der Waals surface area (Å²) in [4.78, 5) is 36.2. The number of esters is 1. The predicted molar refractivity (Wildman–Crippen MR) is 121 cm³/mol. The second-order valence-corrected chi connectivity index (χ2v) is 8.56. The van der Waals surface area contributed by atoms with Crippen LogP contribution in [0.15, 0.2) is 48.7 Å². The number of ether oxygens (including phenoxy) is 2. The Morgan fingerprint density at radius 2 is 1.84 bits per heavy atom. The first kappa shape index (κ1) is 23.4. The quantitative estimate of drug-likeness (QED) is 0.507. The molecule has 1 atom stereocenters. The number of carbonyl (C=O) groups excluding carboxylic acids is 2. The predicted octanol–water partition coefficient (Wildman–Crippen LogP) is 4.34. The number of nitrogens with zero attached hydrogens (tertiary/aromatic N) is 4. The molecule has 2 aromatic heterocycles. The lowest BCUT2D eigenvalue weighted by Crippen LogP contribution is -2.33. The number of benzene rings is 1. The highest BCUT2D eigenvalue weighted by atomic mass is 16.6. The van der Waals surface area contributed by atoms with E-state index in [0.717, 1.165) is 5.69 Å². The number of carbonyl (C=O) groups is 2. The molecule has 0 bridgehead atoms. The Hall–Kier alpha value is -3.26. The van der Waals surface area contributed by atoms with Crippen molar-refractivity contribution in [2.45, 2.75) is 52.3 Å². The van der Waals surface area contributed by atoms with Gasteiger partial charge in [-0.15, -0.1) is 0 Å². The van der Waals surface area contributed by atoms with E-state index in [4.69, 9.17) is 14.5 Å². The number of para-hydroxylation sites is 2. The fraction of sp³-hybridized carbons (Fsp3) is 0.417. The minimum Gasteiger partial charge on any atom is -0.469 e. The third kappa shape index (κ3) is 5.70. The van der Waals surface area contributed by atoms with E-state index < -0.39 is 11.7 Å². The van der Waals surface area contributed by atoms with E-state index in [9.17, 15) is 9.59 Å². The van der Waals surface area contributed by atoms with E-state index >= 15 is 0 Å². The third-order valence-electron chi connectivity index (χ3n) is 5.05. The van der Waals surface area contributed by atoms with Gasteiger partial charge in [0.05, 0.1) is 36.8 Å². The van der Waals surface area contributed by atoms with Crippen molar-refractivity contribution in [3.05, 3.63) is 60.2 Å². The van der Waals surface area contributed by atoms with Gasteiger partial charge in [-0.3, -0.25) is 14.7 Å². The molecule has 8 nitrogen and oxygen atoms in total. The summed E-state index contributed by atoms with van der Waals surface area (Å²) in [7, 11) is 1.37. The van der Waals surface area contributed by atoms with Gasteiger partial charge in [0.2, 0.25) is 0 Å². The Morgan fingerprint density at radius 3 is 2.50 bits per heavy atom. The van der Waals surface area contributed by atoms with Gasteiger partial charge in [0.15, 0.2) is 0 Å². The van der Waals surface area contributed by atoms with Crippen molar-refractivity contribution in [1.29, 1.82) is 0 Å². The van der Waals surface area contributed by atoms with Gasteiger partial charge in [-0.1, -0.05) is 18.2 Å². The minimum atomic E-state index is -0.647. The highest BCUT2D eigenvalue weighted by Gasteiger charge is 2.26. The molecule has 0 aliphatic heterocycles. The van der Waals surface area contributed by atoms with Crippen molar-refractivity contribution in [3.8, 4) is 0 Å². The minimum absolute atomic E-state index is 0.118. The van der Waals surface area contributed by atoms with Crippen LogP contribution in [0.25, 0.3) is 11.0 Å². The third-order valence-corrected chi connectivity index (χ3v) is 5.05. The van der Waals surface area contributed by atoms with Crippen molar-refractivity contribution < 1.29 is 19.1 Å². The molecule has 1 aromatic carbocycles. The summed E-state index contributed by atoms with van der Waals surface area (Å²) in [6, 6.07) is 13.0. The Bertz CT molecular complexity index is 1070. The molecule has 3 aromatic rings. The summed E-state index contributed by atoms with van der Waals surface area (Å²) >= 11 is 0. The number of fused-ring (bicyclic) bond motifs is 1. The van der Waals surface area contributed by atoms with Crippen LogP contribution in [0.1, 0.15) is 51.7 Å². The summed E-state index contributed by atoms with van der Waals surface area (Å²) in [5.74, 6) is 0.233. The number of hydrogen-bond donors (Lipinski definition) is 0. The summed E-state index contributed by atoms with van der Waals surface area (Å²) in [6.45, 7) is 8.24. The summed E-state index contributed by atoms with van der Waals surface area (Å²) in [5, 5.41) is 0. The molecule has 0 spiro atoms. The Balaban J connectivity index is 1.99. The molecule has 170 valence electrons. The molecule has 0 saturated carbocycles. The number of methoxy groups -OCH3 is 1. The van der Waals surface area contributed by atoms with E-state index in [-0.39, 0.29) is 18.4 Å². The van der Waals surface area contributed by atoms with Crippen LogP contribution in [-0.2, 0) is 20.8 Å². The number of imidazole rings is 1. The van der Waals surface area contributed by atoms with E-state index in [1.807, 2.05) is 70.2 Å². The van der Waals surface area contributed by atoms with Gasteiger partial charge in [-0.25, -0.2) is 14.3 Å². The highest BCUT2D eigenvalue weighted by Crippen LogP contribution is 2.24. The molecule has 32 heavy (non-hydrogen) atoms. The van der Waals surface area contributed by atoms with Gasteiger partial charge < -0.3 is 9.47 Å². The molecule has 0 amide bonds. The number of rotatable bonds is 7. The first-order chi connectivity index (χ1) is 15.2. The zero-order valence-electron chi connectivity index (χ0n) is 19.2. The number of aromatic nitrogens is 3. The van der Waals surface area contributed by atoms with Crippen LogP contribution in [0.4, 0.5) is 4.79 Å². The first-order valence-corrected chi connectivity index (χ1v) is 10.6. The maximum atomic E-state index is 13.1. The molecule has 0 saturated heterocycles. The van der Waals surface area contributed by atoms with Crippen LogP contribution in [-0.4, -0.2) is 50.8 Å². The molecule has 0 aliphatic rings. The van der Waals surface area contributed by atoms with Gasteiger partial charge in [-0.2, -0.15) is 0 Å². The molecule has 0 fully saturated rings. The summed E-state index contributed by atoms with van der Waals surface area (Å²) in [5.41, 5.74) is 1.59. The Kier molecular flexibility index (Phi) is 7.25. The lowest BCUT2D eigenvalue weighted by Gasteiger charge is -2.28. The fourth-order valence-corrected chi connectivity index (χ4v) is 3.43. The molecule has 0 radical (unpaired) electrons. The van der Waals surface area contributed by atoms with E-state index in [2.05, 4.69) is 9.88 Å². The first-order valence-electron chi connectivity index (χ1n) is 10.6. The molecule has 0 N–H and O–H groups in total. The number of pyridine rings is 1. The molecule has 2 heterocycles. The van der Waals surface area contributed by atoms with Crippen LogP contribution < -0.4 is 0 Å². The Labute approximate surface area is 188 Å². The zero-order valence-corrected chi connectivity index (χ0v) is 19.2. The zero-order chi connectivity index (χ0) is 23.3. The van der Waals surface area contributed by atoms with Crippen LogP contribution in [0.2, 0.25) is 0 Å². The van der Waals surface area contributed by atoms with E-state index in [0.29, 0.717) is 29.9 Å². The molecular formula is C24H30N4O4.